The summed E-state index contributed by atoms with van der Waals surface area (Å²) in [4.78, 5) is 12.5. The summed E-state index contributed by atoms with van der Waals surface area (Å²) in [6.45, 7) is 3.73. The van der Waals surface area contributed by atoms with Crippen LogP contribution in [-0.2, 0) is 0 Å². The Balaban J connectivity index is 2.31. The SMILES string of the molecule is COc1cc(NCCCNCCN(C)C)ccc1[N+](=O)[O-]. The Kier molecular flexibility index (Phi) is 7.49. The Morgan fingerprint density at radius 2 is 2.05 bits per heavy atom. The predicted octanol–water partition coefficient (Wildman–Crippen LogP) is 1.56. The van der Waals surface area contributed by atoms with Gasteiger partial charge in [0.15, 0.2) is 5.75 Å². The molecule has 7 heteroatoms. The molecule has 0 aliphatic heterocycles. The molecule has 0 aliphatic rings. The van der Waals surface area contributed by atoms with E-state index in [0.29, 0.717) is 0 Å². The quantitative estimate of drug-likeness (QED) is 0.387. The van der Waals surface area contributed by atoms with Crippen molar-refractivity contribution in [2.24, 2.45) is 0 Å². The minimum atomic E-state index is -0.447. The molecule has 21 heavy (non-hydrogen) atoms. The molecule has 7 nitrogen and oxygen atoms in total. The fraction of sp³-hybridized carbons (Fsp3) is 0.571. The lowest BCUT2D eigenvalue weighted by molar-refractivity contribution is -0.385. The molecule has 118 valence electrons. The molecule has 0 bridgehead atoms. The monoisotopic (exact) mass is 296 g/mol. The van der Waals surface area contributed by atoms with Crippen molar-refractivity contribution in [1.29, 1.82) is 0 Å². The van der Waals surface area contributed by atoms with Gasteiger partial charge in [0.25, 0.3) is 0 Å². The number of anilines is 1. The number of hydrogen-bond donors (Lipinski definition) is 2. The van der Waals surface area contributed by atoms with E-state index in [-0.39, 0.29) is 11.4 Å². The van der Waals surface area contributed by atoms with Gasteiger partial charge in [0.2, 0.25) is 0 Å². The number of ether oxygens (including phenoxy) is 1. The summed E-state index contributed by atoms with van der Waals surface area (Å²) in [7, 11) is 5.53. The molecule has 0 saturated carbocycles. The highest BCUT2D eigenvalue weighted by Gasteiger charge is 2.14. The van der Waals surface area contributed by atoms with E-state index in [2.05, 4.69) is 15.5 Å². The van der Waals surface area contributed by atoms with Crippen LogP contribution < -0.4 is 15.4 Å². The van der Waals surface area contributed by atoms with E-state index in [1.165, 1.54) is 13.2 Å². The van der Waals surface area contributed by atoms with Gasteiger partial charge >= 0.3 is 5.69 Å². The second-order valence-electron chi connectivity index (χ2n) is 4.98. The van der Waals surface area contributed by atoms with Crippen LogP contribution in [0.1, 0.15) is 6.42 Å². The molecular formula is C14H24N4O3. The number of methoxy groups -OCH3 is 1. The number of benzene rings is 1. The van der Waals surface area contributed by atoms with Gasteiger partial charge < -0.3 is 20.3 Å². The lowest BCUT2D eigenvalue weighted by atomic mass is 10.2. The minimum absolute atomic E-state index is 0.0200. The molecule has 0 radical (unpaired) electrons. The third kappa shape index (κ3) is 6.42. The zero-order valence-electron chi connectivity index (χ0n) is 12.9. The summed E-state index contributed by atoms with van der Waals surface area (Å²) in [5.41, 5.74) is 0.805. The predicted molar refractivity (Wildman–Crippen MR) is 84.2 cm³/mol. The van der Waals surface area contributed by atoms with Crippen molar-refractivity contribution in [3.05, 3.63) is 28.3 Å². The summed E-state index contributed by atoms with van der Waals surface area (Å²) < 4.78 is 5.03. The van der Waals surface area contributed by atoms with Crippen molar-refractivity contribution < 1.29 is 9.66 Å². The van der Waals surface area contributed by atoms with Crippen LogP contribution >= 0.6 is 0 Å². The number of rotatable bonds is 10. The van der Waals surface area contributed by atoms with Crippen molar-refractivity contribution in [3.63, 3.8) is 0 Å². The summed E-state index contributed by atoms with van der Waals surface area (Å²) in [5.74, 6) is 0.272. The molecule has 0 fully saturated rings. The van der Waals surface area contributed by atoms with Crippen LogP contribution in [0.5, 0.6) is 5.75 Å². The molecule has 1 rings (SSSR count). The first kappa shape index (κ1) is 17.2. The Morgan fingerprint density at radius 3 is 2.67 bits per heavy atom. The Labute approximate surface area is 125 Å². The van der Waals surface area contributed by atoms with Crippen LogP contribution in [-0.4, -0.2) is 57.2 Å². The Bertz CT molecular complexity index is 452. The highest BCUT2D eigenvalue weighted by Crippen LogP contribution is 2.29. The summed E-state index contributed by atoms with van der Waals surface area (Å²) in [6.07, 6.45) is 0.979. The smallest absolute Gasteiger partial charge is 0.311 e. The van der Waals surface area contributed by atoms with Gasteiger partial charge in [0.05, 0.1) is 12.0 Å². The first-order valence-electron chi connectivity index (χ1n) is 6.96. The molecule has 0 aliphatic carbocycles. The lowest BCUT2D eigenvalue weighted by Gasteiger charge is -2.11. The molecule has 0 heterocycles. The van der Waals surface area contributed by atoms with Crippen molar-refractivity contribution in [3.8, 4) is 5.75 Å². The zero-order chi connectivity index (χ0) is 15.7. The fourth-order valence-electron chi connectivity index (χ4n) is 1.81. The number of nitrogens with zero attached hydrogens (tertiary/aromatic N) is 2. The van der Waals surface area contributed by atoms with Gasteiger partial charge in [-0.1, -0.05) is 0 Å². The van der Waals surface area contributed by atoms with Crippen molar-refractivity contribution in [1.82, 2.24) is 10.2 Å². The van der Waals surface area contributed by atoms with E-state index >= 15 is 0 Å². The van der Waals surface area contributed by atoms with E-state index in [1.807, 2.05) is 14.1 Å². The van der Waals surface area contributed by atoms with E-state index in [4.69, 9.17) is 4.74 Å². The lowest BCUT2D eigenvalue weighted by Crippen LogP contribution is -2.27. The average Bonchev–Trinajstić information content (AvgIpc) is 2.45. The fourth-order valence-corrected chi connectivity index (χ4v) is 1.81. The molecule has 0 amide bonds. The van der Waals surface area contributed by atoms with Gasteiger partial charge in [-0.25, -0.2) is 0 Å². The Morgan fingerprint density at radius 1 is 1.29 bits per heavy atom. The number of nitro groups is 1. The highest BCUT2D eigenvalue weighted by atomic mass is 16.6. The molecule has 0 saturated heterocycles. The standard InChI is InChI=1S/C14H24N4O3/c1-17(2)10-9-15-7-4-8-16-12-5-6-13(18(19)20)14(11-12)21-3/h5-6,11,15-16H,4,7-10H2,1-3H3. The van der Waals surface area contributed by atoms with Crippen LogP contribution in [0, 0.1) is 10.1 Å². The maximum absolute atomic E-state index is 10.8. The van der Waals surface area contributed by atoms with Gasteiger partial charge in [-0.15, -0.1) is 0 Å². The Hall–Kier alpha value is -1.86. The van der Waals surface area contributed by atoms with Gasteiger partial charge in [0, 0.05) is 37.5 Å². The highest BCUT2D eigenvalue weighted by molar-refractivity contribution is 5.57. The maximum atomic E-state index is 10.8. The average molecular weight is 296 g/mol. The normalized spacial score (nSPS) is 10.7. The number of nitrogens with one attached hydrogen (secondary N) is 2. The van der Waals surface area contributed by atoms with Crippen LogP contribution in [0.2, 0.25) is 0 Å². The molecule has 2 N–H and O–H groups in total. The molecule has 0 aromatic heterocycles. The van der Waals surface area contributed by atoms with E-state index in [1.54, 1.807) is 12.1 Å². The van der Waals surface area contributed by atoms with Crippen molar-refractivity contribution in [2.75, 3.05) is 52.7 Å². The molecule has 0 spiro atoms. The number of hydrogen-bond acceptors (Lipinski definition) is 6. The minimum Gasteiger partial charge on any atom is -0.490 e. The summed E-state index contributed by atoms with van der Waals surface area (Å²) in [5, 5.41) is 17.4. The molecular weight excluding hydrogens is 272 g/mol. The molecule has 0 atom stereocenters. The van der Waals surface area contributed by atoms with Crippen LogP contribution in [0.15, 0.2) is 18.2 Å². The van der Waals surface area contributed by atoms with Crippen molar-refractivity contribution in [2.45, 2.75) is 6.42 Å². The van der Waals surface area contributed by atoms with Crippen LogP contribution in [0.25, 0.3) is 0 Å². The maximum Gasteiger partial charge on any atom is 0.311 e. The van der Waals surface area contributed by atoms with Gasteiger partial charge in [-0.05, 0) is 33.1 Å². The third-order valence-corrected chi connectivity index (χ3v) is 2.97. The second-order valence-corrected chi connectivity index (χ2v) is 4.98. The first-order chi connectivity index (χ1) is 10.0. The third-order valence-electron chi connectivity index (χ3n) is 2.97. The summed E-state index contributed by atoms with van der Waals surface area (Å²) in [6, 6.07) is 4.80. The van der Waals surface area contributed by atoms with Gasteiger partial charge in [0.1, 0.15) is 0 Å². The van der Waals surface area contributed by atoms with E-state index in [0.717, 1.165) is 38.3 Å². The van der Waals surface area contributed by atoms with E-state index in [9.17, 15) is 10.1 Å². The van der Waals surface area contributed by atoms with E-state index < -0.39 is 4.92 Å². The van der Waals surface area contributed by atoms with Crippen LogP contribution in [0.3, 0.4) is 0 Å². The zero-order valence-corrected chi connectivity index (χ0v) is 12.9. The number of nitro benzene ring substituents is 1. The second kappa shape index (κ2) is 9.15. The van der Waals surface area contributed by atoms with Gasteiger partial charge in [-0.2, -0.15) is 0 Å². The van der Waals surface area contributed by atoms with Crippen LogP contribution in [0.4, 0.5) is 11.4 Å². The topological polar surface area (TPSA) is 79.7 Å². The molecule has 0 unspecified atom stereocenters. The first-order valence-corrected chi connectivity index (χ1v) is 6.96. The van der Waals surface area contributed by atoms with Crippen molar-refractivity contribution >= 4 is 11.4 Å². The number of likely N-dealkylation sites (N-methyl/N-ethyl adjacent to an activating group) is 1. The van der Waals surface area contributed by atoms with Gasteiger partial charge in [-0.3, -0.25) is 10.1 Å². The summed E-state index contributed by atoms with van der Waals surface area (Å²) >= 11 is 0. The largest absolute Gasteiger partial charge is 0.490 e. The molecule has 1 aromatic rings. The molecule has 1 aromatic carbocycles.